The normalized spacial score (nSPS) is 16.8. The molecular formula is C13H13ClN4O3. The SMILES string of the molecule is COC(=O)[C@@H]1CCc2nn(Cc3ccc(Cl)nc3)c(=O)n21. The largest absolute Gasteiger partial charge is 0.467 e. The number of nitrogens with zero attached hydrogens (tertiary/aromatic N) is 4. The highest BCUT2D eigenvalue weighted by atomic mass is 35.5. The second-order valence-electron chi connectivity index (χ2n) is 4.79. The molecule has 0 N–H and O–H groups in total. The third-order valence-corrected chi connectivity index (χ3v) is 3.71. The van der Waals surface area contributed by atoms with E-state index in [0.717, 1.165) is 5.56 Å². The summed E-state index contributed by atoms with van der Waals surface area (Å²) in [5.41, 5.74) is 0.501. The van der Waals surface area contributed by atoms with Crippen LogP contribution in [0.25, 0.3) is 0 Å². The Balaban J connectivity index is 1.91. The predicted molar refractivity (Wildman–Crippen MR) is 74.2 cm³/mol. The number of esters is 1. The molecule has 7 nitrogen and oxygen atoms in total. The van der Waals surface area contributed by atoms with Crippen LogP contribution in [0.5, 0.6) is 0 Å². The highest BCUT2D eigenvalue weighted by molar-refractivity contribution is 6.29. The molecule has 0 fully saturated rings. The molecule has 0 saturated heterocycles. The van der Waals surface area contributed by atoms with Crippen molar-refractivity contribution >= 4 is 17.6 Å². The second kappa shape index (κ2) is 5.33. The van der Waals surface area contributed by atoms with Gasteiger partial charge in [-0.25, -0.2) is 19.3 Å². The molecule has 0 unspecified atom stereocenters. The first kappa shape index (κ1) is 13.8. The van der Waals surface area contributed by atoms with Gasteiger partial charge in [-0.05, 0) is 18.1 Å². The Bertz CT molecular complexity index is 735. The van der Waals surface area contributed by atoms with E-state index >= 15 is 0 Å². The lowest BCUT2D eigenvalue weighted by molar-refractivity contribution is -0.144. The lowest BCUT2D eigenvalue weighted by atomic mass is 10.2. The van der Waals surface area contributed by atoms with Gasteiger partial charge >= 0.3 is 11.7 Å². The minimum Gasteiger partial charge on any atom is -0.467 e. The number of rotatable bonds is 3. The molecule has 1 aliphatic heterocycles. The van der Waals surface area contributed by atoms with Gasteiger partial charge in [-0.3, -0.25) is 4.57 Å². The molecule has 1 atom stereocenters. The van der Waals surface area contributed by atoms with Gasteiger partial charge in [0.2, 0.25) is 0 Å². The Labute approximate surface area is 125 Å². The molecule has 3 rings (SSSR count). The summed E-state index contributed by atoms with van der Waals surface area (Å²) < 4.78 is 7.47. The highest BCUT2D eigenvalue weighted by Gasteiger charge is 2.33. The van der Waals surface area contributed by atoms with Gasteiger partial charge in [0.15, 0.2) is 0 Å². The maximum atomic E-state index is 12.4. The van der Waals surface area contributed by atoms with Gasteiger partial charge in [-0.1, -0.05) is 17.7 Å². The molecule has 2 aromatic heterocycles. The molecule has 0 spiro atoms. The monoisotopic (exact) mass is 308 g/mol. The molecular weight excluding hydrogens is 296 g/mol. The quantitative estimate of drug-likeness (QED) is 0.619. The van der Waals surface area contributed by atoms with Crippen molar-refractivity contribution < 1.29 is 9.53 Å². The lowest BCUT2D eigenvalue weighted by Gasteiger charge is -2.08. The third-order valence-electron chi connectivity index (χ3n) is 3.49. The zero-order valence-corrected chi connectivity index (χ0v) is 12.1. The minimum absolute atomic E-state index is 0.289. The van der Waals surface area contributed by atoms with Crippen LogP contribution in [0.1, 0.15) is 23.9 Å². The van der Waals surface area contributed by atoms with Crippen molar-refractivity contribution in [3.63, 3.8) is 0 Å². The van der Waals surface area contributed by atoms with Crippen LogP contribution in [-0.2, 0) is 22.5 Å². The van der Waals surface area contributed by atoms with Crippen LogP contribution >= 0.6 is 11.6 Å². The van der Waals surface area contributed by atoms with Gasteiger partial charge in [0.25, 0.3) is 0 Å². The fourth-order valence-corrected chi connectivity index (χ4v) is 2.59. The van der Waals surface area contributed by atoms with Crippen molar-refractivity contribution in [3.8, 4) is 0 Å². The first-order chi connectivity index (χ1) is 10.1. The van der Waals surface area contributed by atoms with Crippen molar-refractivity contribution in [1.82, 2.24) is 19.3 Å². The summed E-state index contributed by atoms with van der Waals surface area (Å²) in [6, 6.07) is 2.86. The first-order valence-electron chi connectivity index (χ1n) is 6.46. The number of aromatic nitrogens is 4. The molecule has 0 bridgehead atoms. The molecule has 0 saturated carbocycles. The topological polar surface area (TPSA) is 79.0 Å². The molecule has 3 heterocycles. The molecule has 110 valence electrons. The zero-order chi connectivity index (χ0) is 15.0. The average molecular weight is 309 g/mol. The fourth-order valence-electron chi connectivity index (χ4n) is 2.48. The standard InChI is InChI=1S/C13H13ClN4O3/c1-21-12(19)9-3-5-11-16-17(13(20)18(9)11)7-8-2-4-10(14)15-6-8/h2,4,6,9H,3,5,7H2,1H3/t9-/m0/s1. The number of halogens is 1. The molecule has 0 aromatic carbocycles. The Hall–Kier alpha value is -2.15. The molecule has 0 radical (unpaired) electrons. The van der Waals surface area contributed by atoms with Crippen molar-refractivity contribution in [2.24, 2.45) is 0 Å². The average Bonchev–Trinajstić information content (AvgIpc) is 3.02. The lowest BCUT2D eigenvalue weighted by Crippen LogP contribution is -2.30. The van der Waals surface area contributed by atoms with Crippen LogP contribution in [0.15, 0.2) is 23.1 Å². The molecule has 1 aliphatic rings. The number of ether oxygens (including phenoxy) is 1. The molecule has 21 heavy (non-hydrogen) atoms. The van der Waals surface area contributed by atoms with E-state index in [-0.39, 0.29) is 12.2 Å². The number of carbonyl (C=O) groups excluding carboxylic acids is 1. The van der Waals surface area contributed by atoms with Gasteiger partial charge in [-0.15, -0.1) is 0 Å². The van der Waals surface area contributed by atoms with Crippen LogP contribution < -0.4 is 5.69 Å². The van der Waals surface area contributed by atoms with E-state index in [2.05, 4.69) is 10.1 Å². The number of pyridine rings is 1. The Morgan fingerprint density at radius 1 is 1.52 bits per heavy atom. The van der Waals surface area contributed by atoms with E-state index in [1.807, 2.05) is 0 Å². The van der Waals surface area contributed by atoms with Crippen LogP contribution in [-0.4, -0.2) is 32.4 Å². The summed E-state index contributed by atoms with van der Waals surface area (Å²) in [5.74, 6) is 0.195. The molecule has 0 amide bonds. The summed E-state index contributed by atoms with van der Waals surface area (Å²) in [6.45, 7) is 0.289. The van der Waals surface area contributed by atoms with Crippen LogP contribution in [0.2, 0.25) is 5.15 Å². The summed E-state index contributed by atoms with van der Waals surface area (Å²) in [5, 5.41) is 4.67. The van der Waals surface area contributed by atoms with Crippen molar-refractivity contribution in [2.45, 2.75) is 25.4 Å². The van der Waals surface area contributed by atoms with Gasteiger partial charge in [-0.2, -0.15) is 5.10 Å². The van der Waals surface area contributed by atoms with Gasteiger partial charge in [0.05, 0.1) is 13.7 Å². The molecule has 8 heteroatoms. The summed E-state index contributed by atoms with van der Waals surface area (Å²) >= 11 is 5.73. The summed E-state index contributed by atoms with van der Waals surface area (Å²) in [6.07, 6.45) is 2.73. The van der Waals surface area contributed by atoms with Crippen LogP contribution in [0.4, 0.5) is 0 Å². The van der Waals surface area contributed by atoms with Gasteiger partial charge < -0.3 is 4.74 Å². The van der Waals surface area contributed by atoms with E-state index in [4.69, 9.17) is 16.3 Å². The van der Waals surface area contributed by atoms with Crippen molar-refractivity contribution in [2.75, 3.05) is 7.11 Å². The zero-order valence-electron chi connectivity index (χ0n) is 11.3. The number of hydrogen-bond acceptors (Lipinski definition) is 5. The van der Waals surface area contributed by atoms with Crippen molar-refractivity contribution in [3.05, 3.63) is 45.4 Å². The van der Waals surface area contributed by atoms with E-state index in [1.165, 1.54) is 16.4 Å². The van der Waals surface area contributed by atoms with Crippen molar-refractivity contribution in [1.29, 1.82) is 0 Å². The number of hydrogen-bond donors (Lipinski definition) is 0. The van der Waals surface area contributed by atoms with E-state index in [0.29, 0.717) is 23.8 Å². The maximum Gasteiger partial charge on any atom is 0.347 e. The van der Waals surface area contributed by atoms with Gasteiger partial charge in [0.1, 0.15) is 17.0 Å². The fraction of sp³-hybridized carbons (Fsp3) is 0.385. The predicted octanol–water partition coefficient (Wildman–Crippen LogP) is 0.802. The van der Waals surface area contributed by atoms with Crippen LogP contribution in [0, 0.1) is 0 Å². The van der Waals surface area contributed by atoms with E-state index in [1.54, 1.807) is 18.3 Å². The Kier molecular flexibility index (Phi) is 3.50. The summed E-state index contributed by atoms with van der Waals surface area (Å²) in [4.78, 5) is 28.0. The Morgan fingerprint density at radius 2 is 2.33 bits per heavy atom. The van der Waals surface area contributed by atoms with E-state index < -0.39 is 12.0 Å². The number of fused-ring (bicyclic) bond motifs is 1. The number of methoxy groups -OCH3 is 1. The minimum atomic E-state index is -0.574. The smallest absolute Gasteiger partial charge is 0.347 e. The second-order valence-corrected chi connectivity index (χ2v) is 5.18. The van der Waals surface area contributed by atoms with E-state index in [9.17, 15) is 9.59 Å². The highest BCUT2D eigenvalue weighted by Crippen LogP contribution is 2.23. The summed E-state index contributed by atoms with van der Waals surface area (Å²) in [7, 11) is 1.31. The third kappa shape index (κ3) is 2.44. The van der Waals surface area contributed by atoms with Crippen LogP contribution in [0.3, 0.4) is 0 Å². The molecule has 2 aromatic rings. The van der Waals surface area contributed by atoms with Gasteiger partial charge in [0, 0.05) is 12.6 Å². The first-order valence-corrected chi connectivity index (χ1v) is 6.84. The number of aryl methyl sites for hydroxylation is 1. The molecule has 0 aliphatic carbocycles. The number of carbonyl (C=O) groups is 1. The maximum absolute atomic E-state index is 12.4. The Morgan fingerprint density at radius 3 is 3.00 bits per heavy atom.